The van der Waals surface area contributed by atoms with Gasteiger partial charge in [0.2, 0.25) is 0 Å². The molecule has 0 aliphatic carbocycles. The van der Waals surface area contributed by atoms with Crippen LogP contribution in [0.15, 0.2) is 0 Å². The molecule has 2 N–H and O–H groups in total. The summed E-state index contributed by atoms with van der Waals surface area (Å²) >= 11 is 0. The summed E-state index contributed by atoms with van der Waals surface area (Å²) in [5.74, 6) is 0. The van der Waals surface area contributed by atoms with Crippen molar-refractivity contribution in [2.45, 2.75) is 12.0 Å². The second kappa shape index (κ2) is 2.64. The lowest BCUT2D eigenvalue weighted by Gasteiger charge is -2.19. The molecule has 1 rings (SSSR count). The molecule has 1 atom stereocenters. The molecule has 0 aromatic heterocycles. The smallest absolute Gasteiger partial charge is 0.0669 e. The fraction of sp³-hybridized carbons (Fsp3) is 1.00. The summed E-state index contributed by atoms with van der Waals surface area (Å²) in [6, 6.07) is 0. The molecule has 0 radical (unpaired) electrons. The molecular weight excluding hydrogens is 118 g/mol. The fourth-order valence-corrected chi connectivity index (χ4v) is 1.02. The molecule has 1 aliphatic rings. The van der Waals surface area contributed by atoms with E-state index in [4.69, 9.17) is 15.2 Å². The predicted octanol–water partition coefficient (Wildman–Crippen LogP) is -0.249. The highest BCUT2D eigenvalue weighted by Gasteiger charge is 2.29. The standard InChI is InChI=1S/C6H13NO2/c1-8-4-6(7)2-3-9-5-6/h2-5,7H2,1H3/t6-/m0/s1. The Balaban J connectivity index is 2.32. The van der Waals surface area contributed by atoms with E-state index in [1.165, 1.54) is 0 Å². The minimum atomic E-state index is -0.200. The number of hydrogen-bond acceptors (Lipinski definition) is 3. The molecule has 0 bridgehead atoms. The van der Waals surface area contributed by atoms with Crippen molar-refractivity contribution in [3.05, 3.63) is 0 Å². The summed E-state index contributed by atoms with van der Waals surface area (Å²) in [7, 11) is 1.66. The van der Waals surface area contributed by atoms with Gasteiger partial charge in [-0.25, -0.2) is 0 Å². The molecular formula is C6H13NO2. The second-order valence-corrected chi connectivity index (χ2v) is 2.60. The zero-order chi connectivity index (χ0) is 6.74. The number of nitrogens with two attached hydrogens (primary N) is 1. The molecule has 0 aromatic rings. The van der Waals surface area contributed by atoms with E-state index in [1.54, 1.807) is 7.11 Å². The summed E-state index contributed by atoms with van der Waals surface area (Å²) in [6.45, 7) is 2.02. The van der Waals surface area contributed by atoms with Crippen molar-refractivity contribution in [1.82, 2.24) is 0 Å². The van der Waals surface area contributed by atoms with Gasteiger partial charge in [-0.1, -0.05) is 0 Å². The maximum atomic E-state index is 5.82. The molecule has 1 saturated heterocycles. The summed E-state index contributed by atoms with van der Waals surface area (Å²) < 4.78 is 10.0. The predicted molar refractivity (Wildman–Crippen MR) is 34.2 cm³/mol. The minimum Gasteiger partial charge on any atom is -0.383 e. The Labute approximate surface area is 55.1 Å². The molecule has 3 nitrogen and oxygen atoms in total. The summed E-state index contributed by atoms with van der Waals surface area (Å²) in [5, 5.41) is 0. The lowest BCUT2D eigenvalue weighted by molar-refractivity contribution is 0.111. The van der Waals surface area contributed by atoms with Crippen LogP contribution in [0.3, 0.4) is 0 Å². The average molecular weight is 131 g/mol. The van der Waals surface area contributed by atoms with Gasteiger partial charge in [-0.15, -0.1) is 0 Å². The monoisotopic (exact) mass is 131 g/mol. The summed E-state index contributed by atoms with van der Waals surface area (Å²) in [5.41, 5.74) is 5.62. The van der Waals surface area contributed by atoms with Crippen molar-refractivity contribution in [3.8, 4) is 0 Å². The molecule has 0 spiro atoms. The van der Waals surface area contributed by atoms with Crippen molar-refractivity contribution in [3.63, 3.8) is 0 Å². The Morgan fingerprint density at radius 3 is 3.00 bits per heavy atom. The minimum absolute atomic E-state index is 0.200. The first-order valence-electron chi connectivity index (χ1n) is 3.12. The Bertz CT molecular complexity index is 89.1. The first-order chi connectivity index (χ1) is 4.27. The van der Waals surface area contributed by atoms with Crippen LogP contribution in [0.2, 0.25) is 0 Å². The topological polar surface area (TPSA) is 44.5 Å². The zero-order valence-electron chi connectivity index (χ0n) is 5.72. The first kappa shape index (κ1) is 6.99. The van der Waals surface area contributed by atoms with Crippen LogP contribution in [0.4, 0.5) is 0 Å². The number of ether oxygens (including phenoxy) is 2. The van der Waals surface area contributed by atoms with E-state index in [0.29, 0.717) is 13.2 Å². The molecule has 1 fully saturated rings. The van der Waals surface area contributed by atoms with E-state index < -0.39 is 0 Å². The Morgan fingerprint density at radius 1 is 1.78 bits per heavy atom. The van der Waals surface area contributed by atoms with Crippen molar-refractivity contribution >= 4 is 0 Å². The van der Waals surface area contributed by atoms with E-state index in [2.05, 4.69) is 0 Å². The van der Waals surface area contributed by atoms with Gasteiger partial charge in [-0.05, 0) is 6.42 Å². The van der Waals surface area contributed by atoms with E-state index >= 15 is 0 Å². The van der Waals surface area contributed by atoms with Gasteiger partial charge < -0.3 is 15.2 Å². The van der Waals surface area contributed by atoms with E-state index in [-0.39, 0.29) is 5.54 Å². The third-order valence-electron chi connectivity index (χ3n) is 1.57. The lowest BCUT2D eigenvalue weighted by atomic mass is 10.0. The average Bonchev–Trinajstić information content (AvgIpc) is 2.16. The fourth-order valence-electron chi connectivity index (χ4n) is 1.02. The van der Waals surface area contributed by atoms with Crippen LogP contribution < -0.4 is 5.73 Å². The Hall–Kier alpha value is -0.120. The Kier molecular flexibility index (Phi) is 2.05. The van der Waals surface area contributed by atoms with Gasteiger partial charge >= 0.3 is 0 Å². The molecule has 0 saturated carbocycles. The summed E-state index contributed by atoms with van der Waals surface area (Å²) in [6.07, 6.45) is 0.918. The van der Waals surface area contributed by atoms with Gasteiger partial charge in [0.15, 0.2) is 0 Å². The quantitative estimate of drug-likeness (QED) is 0.562. The highest BCUT2D eigenvalue weighted by atomic mass is 16.5. The number of hydrogen-bond donors (Lipinski definition) is 1. The number of rotatable bonds is 2. The number of methoxy groups -OCH3 is 1. The van der Waals surface area contributed by atoms with Crippen LogP contribution in [-0.2, 0) is 9.47 Å². The molecule has 0 aromatic carbocycles. The molecule has 0 unspecified atom stereocenters. The van der Waals surface area contributed by atoms with Crippen LogP contribution >= 0.6 is 0 Å². The molecule has 1 aliphatic heterocycles. The van der Waals surface area contributed by atoms with Crippen molar-refractivity contribution in [2.24, 2.45) is 5.73 Å². The van der Waals surface area contributed by atoms with Gasteiger partial charge in [0.1, 0.15) is 0 Å². The lowest BCUT2D eigenvalue weighted by Crippen LogP contribution is -2.44. The zero-order valence-corrected chi connectivity index (χ0v) is 5.72. The third kappa shape index (κ3) is 1.64. The van der Waals surface area contributed by atoms with Crippen LogP contribution in [0, 0.1) is 0 Å². The normalized spacial score (nSPS) is 35.3. The van der Waals surface area contributed by atoms with Gasteiger partial charge in [0.05, 0.1) is 18.8 Å². The SMILES string of the molecule is COC[C@@]1(N)CCOC1. The molecule has 1 heterocycles. The van der Waals surface area contributed by atoms with Crippen LogP contribution in [0.1, 0.15) is 6.42 Å². The molecule has 0 amide bonds. The van der Waals surface area contributed by atoms with E-state index in [9.17, 15) is 0 Å². The van der Waals surface area contributed by atoms with Gasteiger partial charge in [0.25, 0.3) is 0 Å². The van der Waals surface area contributed by atoms with Crippen LogP contribution in [-0.4, -0.2) is 32.5 Å². The highest BCUT2D eigenvalue weighted by Crippen LogP contribution is 2.14. The maximum Gasteiger partial charge on any atom is 0.0669 e. The van der Waals surface area contributed by atoms with Crippen molar-refractivity contribution < 1.29 is 9.47 Å². The van der Waals surface area contributed by atoms with Crippen molar-refractivity contribution in [2.75, 3.05) is 26.9 Å². The second-order valence-electron chi connectivity index (χ2n) is 2.60. The highest BCUT2D eigenvalue weighted by molar-refractivity contribution is 4.87. The van der Waals surface area contributed by atoms with E-state index in [1.807, 2.05) is 0 Å². The van der Waals surface area contributed by atoms with Crippen LogP contribution in [0.5, 0.6) is 0 Å². The maximum absolute atomic E-state index is 5.82. The molecule has 9 heavy (non-hydrogen) atoms. The van der Waals surface area contributed by atoms with Gasteiger partial charge in [0, 0.05) is 13.7 Å². The van der Waals surface area contributed by atoms with Gasteiger partial charge in [-0.2, -0.15) is 0 Å². The van der Waals surface area contributed by atoms with Gasteiger partial charge in [-0.3, -0.25) is 0 Å². The van der Waals surface area contributed by atoms with E-state index in [0.717, 1.165) is 13.0 Å². The Morgan fingerprint density at radius 2 is 2.56 bits per heavy atom. The van der Waals surface area contributed by atoms with Crippen LogP contribution in [0.25, 0.3) is 0 Å². The molecule has 54 valence electrons. The summed E-state index contributed by atoms with van der Waals surface area (Å²) in [4.78, 5) is 0. The first-order valence-corrected chi connectivity index (χ1v) is 3.12. The third-order valence-corrected chi connectivity index (χ3v) is 1.57. The largest absolute Gasteiger partial charge is 0.383 e. The molecule has 3 heteroatoms. The van der Waals surface area contributed by atoms with Crippen molar-refractivity contribution in [1.29, 1.82) is 0 Å².